The van der Waals surface area contributed by atoms with Gasteiger partial charge in [-0.25, -0.2) is 4.79 Å². The number of para-hydroxylation sites is 1. The van der Waals surface area contributed by atoms with Gasteiger partial charge in [-0.2, -0.15) is 0 Å². The van der Waals surface area contributed by atoms with Crippen molar-refractivity contribution in [1.29, 1.82) is 0 Å². The molecule has 7 heteroatoms. The van der Waals surface area contributed by atoms with E-state index in [1.54, 1.807) is 48.8 Å². The summed E-state index contributed by atoms with van der Waals surface area (Å²) >= 11 is 0. The molecule has 0 radical (unpaired) electrons. The summed E-state index contributed by atoms with van der Waals surface area (Å²) in [4.78, 5) is 19.1. The van der Waals surface area contributed by atoms with Crippen LogP contribution >= 0.6 is 0 Å². The van der Waals surface area contributed by atoms with Gasteiger partial charge in [-0.3, -0.25) is 4.98 Å². The summed E-state index contributed by atoms with van der Waals surface area (Å²) in [5.74, 6) is -0.558. The number of nitrogens with zero attached hydrogens (tertiary/aromatic N) is 1. The van der Waals surface area contributed by atoms with Crippen LogP contribution in [0.4, 0.5) is 0 Å². The topological polar surface area (TPSA) is 107 Å². The largest absolute Gasteiger partial charge is 0.478 e. The van der Waals surface area contributed by atoms with Gasteiger partial charge in [0.15, 0.2) is 0 Å². The van der Waals surface area contributed by atoms with E-state index in [4.69, 9.17) is 4.74 Å². The Morgan fingerprint density at radius 1 is 1.09 bits per heavy atom. The molecule has 33 heavy (non-hydrogen) atoms. The highest BCUT2D eigenvalue weighted by atomic mass is 16.5. The second-order valence-electron chi connectivity index (χ2n) is 8.06. The number of pyridine rings is 1. The number of fused-ring (bicyclic) bond motifs is 1. The summed E-state index contributed by atoms with van der Waals surface area (Å²) < 4.78 is 5.94. The number of hydrogen-bond acceptors (Lipinski definition) is 5. The zero-order chi connectivity index (χ0) is 23.2. The molecular formula is C26H27N3O4. The lowest BCUT2D eigenvalue weighted by atomic mass is 10.0. The van der Waals surface area contributed by atoms with Crippen LogP contribution in [0.5, 0.6) is 5.75 Å². The minimum Gasteiger partial charge on any atom is -0.478 e. The number of aromatic nitrogens is 2. The Kier molecular flexibility index (Phi) is 7.02. The molecule has 2 aromatic heterocycles. The van der Waals surface area contributed by atoms with Crippen molar-refractivity contribution in [2.75, 3.05) is 6.54 Å². The van der Waals surface area contributed by atoms with E-state index in [1.165, 1.54) is 0 Å². The highest BCUT2D eigenvalue weighted by Crippen LogP contribution is 2.31. The molecule has 0 saturated carbocycles. The average molecular weight is 446 g/mol. The number of carbonyl (C=O) groups is 1. The molecule has 2 heterocycles. The number of aliphatic carboxylic acids is 1. The smallest absolute Gasteiger partial charge is 0.349 e. The molecule has 0 amide bonds. The highest BCUT2D eigenvalue weighted by Gasteiger charge is 2.23. The lowest BCUT2D eigenvalue weighted by Gasteiger charge is -2.17. The molecule has 0 bridgehead atoms. The molecule has 170 valence electrons. The standard InChI is InChI=1S/C26H27N3O4/c1-17(28-16-22(30)19-9-6-12-27-14-19)13-20-15-29-24-21(20)10-5-11-23(24)33-25(26(31)32)18-7-3-2-4-8-18/h2-12,14-15,17,22,25,28-30H,13,16H2,1H3,(H,31,32)/t17-,22+,25+/m1/s1. The van der Waals surface area contributed by atoms with Crippen molar-refractivity contribution in [3.63, 3.8) is 0 Å². The molecule has 2 aromatic carbocycles. The maximum Gasteiger partial charge on any atom is 0.349 e. The average Bonchev–Trinajstić information content (AvgIpc) is 3.25. The summed E-state index contributed by atoms with van der Waals surface area (Å²) in [6.07, 6.45) is 4.27. The third-order valence-corrected chi connectivity index (χ3v) is 5.59. The van der Waals surface area contributed by atoms with Crippen LogP contribution in [0.1, 0.15) is 35.8 Å². The number of benzene rings is 2. The minimum atomic E-state index is -1.10. The van der Waals surface area contributed by atoms with E-state index in [2.05, 4.69) is 22.2 Å². The van der Waals surface area contributed by atoms with E-state index in [0.29, 0.717) is 17.9 Å². The maximum absolute atomic E-state index is 11.9. The number of carboxylic acid groups (broad SMARTS) is 1. The first-order valence-electron chi connectivity index (χ1n) is 10.9. The molecular weight excluding hydrogens is 418 g/mol. The number of hydrogen-bond donors (Lipinski definition) is 4. The number of aliphatic hydroxyl groups excluding tert-OH is 1. The summed E-state index contributed by atoms with van der Waals surface area (Å²) in [6.45, 7) is 2.48. The van der Waals surface area contributed by atoms with E-state index in [9.17, 15) is 15.0 Å². The van der Waals surface area contributed by atoms with Gasteiger partial charge in [0.25, 0.3) is 0 Å². The third-order valence-electron chi connectivity index (χ3n) is 5.59. The molecule has 4 aromatic rings. The first kappa shape index (κ1) is 22.5. The molecule has 4 N–H and O–H groups in total. The first-order valence-corrected chi connectivity index (χ1v) is 10.9. The fourth-order valence-corrected chi connectivity index (χ4v) is 3.87. The lowest BCUT2D eigenvalue weighted by Crippen LogP contribution is -2.32. The van der Waals surface area contributed by atoms with Gasteiger partial charge < -0.3 is 25.3 Å². The predicted octanol–water partition coefficient (Wildman–Crippen LogP) is 4.02. The van der Waals surface area contributed by atoms with Crippen LogP contribution in [-0.2, 0) is 11.2 Å². The van der Waals surface area contributed by atoms with Crippen LogP contribution in [0.3, 0.4) is 0 Å². The van der Waals surface area contributed by atoms with Gasteiger partial charge >= 0.3 is 5.97 Å². The number of ether oxygens (including phenoxy) is 1. The Morgan fingerprint density at radius 2 is 1.88 bits per heavy atom. The Hall–Kier alpha value is -3.68. The molecule has 0 aliphatic carbocycles. The summed E-state index contributed by atoms with van der Waals surface area (Å²) in [6, 6.07) is 18.3. The van der Waals surface area contributed by atoms with Gasteiger partial charge in [0.1, 0.15) is 5.75 Å². The van der Waals surface area contributed by atoms with Crippen molar-refractivity contribution in [3.05, 3.63) is 95.9 Å². The SMILES string of the molecule is C[C@H](Cc1c[nH]c2c(O[C@H](C(=O)O)c3ccccc3)cccc12)NC[C@H](O)c1cccnc1. The Bertz CT molecular complexity index is 1190. The summed E-state index contributed by atoms with van der Waals surface area (Å²) in [5, 5.41) is 24.4. The van der Waals surface area contributed by atoms with Crippen molar-refractivity contribution < 1.29 is 19.7 Å². The monoisotopic (exact) mass is 445 g/mol. The quantitative estimate of drug-likeness (QED) is 0.294. The second-order valence-corrected chi connectivity index (χ2v) is 8.06. The number of aromatic amines is 1. The molecule has 0 spiro atoms. The Balaban J connectivity index is 1.46. The fraction of sp³-hybridized carbons (Fsp3) is 0.231. The van der Waals surface area contributed by atoms with Gasteiger partial charge in [0, 0.05) is 47.7 Å². The van der Waals surface area contributed by atoms with Crippen LogP contribution in [0.2, 0.25) is 0 Å². The van der Waals surface area contributed by atoms with E-state index in [0.717, 1.165) is 28.5 Å². The van der Waals surface area contributed by atoms with Crippen molar-refractivity contribution in [2.24, 2.45) is 0 Å². The van der Waals surface area contributed by atoms with E-state index in [1.807, 2.05) is 30.5 Å². The molecule has 7 nitrogen and oxygen atoms in total. The molecule has 4 rings (SSSR count). The maximum atomic E-state index is 11.9. The van der Waals surface area contributed by atoms with Crippen molar-refractivity contribution in [1.82, 2.24) is 15.3 Å². The van der Waals surface area contributed by atoms with Crippen molar-refractivity contribution in [2.45, 2.75) is 31.6 Å². The number of H-pyrrole nitrogens is 1. The molecule has 0 saturated heterocycles. The molecule has 3 atom stereocenters. The minimum absolute atomic E-state index is 0.107. The van der Waals surface area contributed by atoms with Crippen LogP contribution < -0.4 is 10.1 Å². The van der Waals surface area contributed by atoms with Gasteiger partial charge in [-0.05, 0) is 31.0 Å². The third kappa shape index (κ3) is 5.39. The van der Waals surface area contributed by atoms with Crippen LogP contribution in [0, 0.1) is 0 Å². The normalized spacial score (nSPS) is 14.0. The summed E-state index contributed by atoms with van der Waals surface area (Å²) in [7, 11) is 0. The Labute approximate surface area is 192 Å². The summed E-state index contributed by atoms with van der Waals surface area (Å²) in [5.41, 5.74) is 3.20. The number of carboxylic acids is 1. The second kappa shape index (κ2) is 10.3. The Morgan fingerprint density at radius 3 is 2.61 bits per heavy atom. The van der Waals surface area contributed by atoms with Gasteiger partial charge in [-0.15, -0.1) is 0 Å². The number of rotatable bonds is 10. The zero-order valence-corrected chi connectivity index (χ0v) is 18.3. The highest BCUT2D eigenvalue weighted by molar-refractivity contribution is 5.89. The fourth-order valence-electron chi connectivity index (χ4n) is 3.87. The van der Waals surface area contributed by atoms with Crippen molar-refractivity contribution >= 4 is 16.9 Å². The van der Waals surface area contributed by atoms with Gasteiger partial charge in [-0.1, -0.05) is 48.5 Å². The lowest BCUT2D eigenvalue weighted by molar-refractivity contribution is -0.145. The molecule has 0 fully saturated rings. The van der Waals surface area contributed by atoms with E-state index in [-0.39, 0.29) is 6.04 Å². The van der Waals surface area contributed by atoms with E-state index >= 15 is 0 Å². The van der Waals surface area contributed by atoms with Gasteiger partial charge in [0.05, 0.1) is 11.6 Å². The molecule has 0 aliphatic heterocycles. The van der Waals surface area contributed by atoms with E-state index < -0.39 is 18.2 Å². The molecule has 0 aliphatic rings. The first-order chi connectivity index (χ1) is 16.0. The van der Waals surface area contributed by atoms with Crippen LogP contribution in [0.15, 0.2) is 79.3 Å². The predicted molar refractivity (Wildman–Crippen MR) is 126 cm³/mol. The van der Waals surface area contributed by atoms with Crippen LogP contribution in [-0.4, -0.2) is 38.7 Å². The van der Waals surface area contributed by atoms with Gasteiger partial charge in [0.2, 0.25) is 6.10 Å². The van der Waals surface area contributed by atoms with Crippen LogP contribution in [0.25, 0.3) is 10.9 Å². The number of nitrogens with one attached hydrogen (secondary N) is 2. The molecule has 0 unspecified atom stereocenters. The zero-order valence-electron chi connectivity index (χ0n) is 18.3. The van der Waals surface area contributed by atoms with Crippen molar-refractivity contribution in [3.8, 4) is 5.75 Å². The number of aliphatic hydroxyl groups is 1.